The number of rotatable bonds is 9. The molecule has 158 valence electrons. The van der Waals surface area contributed by atoms with Crippen LogP contribution < -0.4 is 4.90 Å². The second-order valence-corrected chi connectivity index (χ2v) is 9.08. The van der Waals surface area contributed by atoms with E-state index in [4.69, 9.17) is 0 Å². The Labute approximate surface area is 184 Å². The molecule has 2 aliphatic heterocycles. The average molecular weight is 434 g/mol. The van der Waals surface area contributed by atoms with Gasteiger partial charge in [0.2, 0.25) is 5.95 Å². The number of ketones is 1. The van der Waals surface area contributed by atoms with Gasteiger partial charge < -0.3 is 4.90 Å². The summed E-state index contributed by atoms with van der Waals surface area (Å²) >= 11 is 5.93. The monoisotopic (exact) mass is 433 g/mol. The lowest BCUT2D eigenvalue weighted by atomic mass is 10.2. The highest BCUT2D eigenvalue weighted by molar-refractivity contribution is 7.96. The van der Waals surface area contributed by atoms with Crippen molar-refractivity contribution < 1.29 is 4.79 Å². The first-order valence-electron chi connectivity index (χ1n) is 10.3. The van der Waals surface area contributed by atoms with Crippen molar-refractivity contribution in [3.63, 3.8) is 0 Å². The topological polar surface area (TPSA) is 52.6 Å². The molecule has 3 rings (SSSR count). The highest BCUT2D eigenvalue weighted by Gasteiger charge is 2.41. The summed E-state index contributed by atoms with van der Waals surface area (Å²) < 4.78 is 2.45. The van der Waals surface area contributed by atoms with Crippen LogP contribution in [0.5, 0.6) is 0 Å². The third-order valence-corrected chi connectivity index (χ3v) is 6.58. The van der Waals surface area contributed by atoms with Gasteiger partial charge in [-0.05, 0) is 44.9 Å². The Morgan fingerprint density at radius 2 is 1.97 bits per heavy atom. The summed E-state index contributed by atoms with van der Waals surface area (Å²) in [6.07, 6.45) is 10.3. The molecule has 2 fully saturated rings. The zero-order valence-electron chi connectivity index (χ0n) is 17.4. The van der Waals surface area contributed by atoms with E-state index < -0.39 is 0 Å². The van der Waals surface area contributed by atoms with E-state index >= 15 is 0 Å². The molecule has 1 aromatic heterocycles. The van der Waals surface area contributed by atoms with E-state index in [1.54, 1.807) is 0 Å². The first-order chi connectivity index (χ1) is 14.1. The molecule has 0 spiro atoms. The average Bonchev–Trinajstić information content (AvgIpc) is 2.98. The highest BCUT2D eigenvalue weighted by Crippen LogP contribution is 2.34. The first-order valence-corrected chi connectivity index (χ1v) is 12.1. The Balaban J connectivity index is 1.46. The molecule has 8 heteroatoms. The van der Waals surface area contributed by atoms with Gasteiger partial charge in [0.1, 0.15) is 5.78 Å². The normalized spacial score (nSPS) is 21.3. The molecule has 2 unspecified atom stereocenters. The van der Waals surface area contributed by atoms with Crippen LogP contribution in [-0.2, 0) is 4.79 Å². The van der Waals surface area contributed by atoms with Crippen molar-refractivity contribution in [3.05, 3.63) is 18.0 Å². The van der Waals surface area contributed by atoms with Crippen LogP contribution in [0, 0.1) is 11.8 Å². The summed E-state index contributed by atoms with van der Waals surface area (Å²) in [5, 5.41) is 0. The zero-order valence-corrected chi connectivity index (χ0v) is 19.1. The standard InChI is InChI=1S/C21H31N5OS2/c1-24(11-4-6-20(27)9-12-28)10-3-5-17-13-22-21(23-14-17)26-18-7-8-19(26)16-25(15-18)29-2/h13-14,18-19,28H,4,6-12,15-16H2,1-2H3. The maximum Gasteiger partial charge on any atom is 0.225 e. The van der Waals surface area contributed by atoms with Gasteiger partial charge in [-0.25, -0.2) is 14.3 Å². The lowest BCUT2D eigenvalue weighted by molar-refractivity contribution is -0.118. The number of nitrogens with zero attached hydrogens (tertiary/aromatic N) is 5. The van der Waals surface area contributed by atoms with E-state index in [1.165, 1.54) is 12.8 Å². The Kier molecular flexibility index (Phi) is 8.67. The highest BCUT2D eigenvalue weighted by atomic mass is 32.2. The summed E-state index contributed by atoms with van der Waals surface area (Å²) in [4.78, 5) is 25.3. The maximum atomic E-state index is 11.5. The summed E-state index contributed by atoms with van der Waals surface area (Å²) in [6, 6.07) is 1.04. The second-order valence-electron chi connectivity index (χ2n) is 7.75. The third kappa shape index (κ3) is 6.35. The lowest BCUT2D eigenvalue weighted by Crippen LogP contribution is -2.52. The molecule has 0 saturated carbocycles. The smallest absolute Gasteiger partial charge is 0.225 e. The molecular weight excluding hydrogens is 402 g/mol. The van der Waals surface area contributed by atoms with Gasteiger partial charge in [-0.3, -0.25) is 9.69 Å². The van der Waals surface area contributed by atoms with E-state index in [1.807, 2.05) is 31.4 Å². The van der Waals surface area contributed by atoms with E-state index in [2.05, 4.69) is 54.8 Å². The van der Waals surface area contributed by atoms with Crippen molar-refractivity contribution in [1.29, 1.82) is 0 Å². The summed E-state index contributed by atoms with van der Waals surface area (Å²) in [6.45, 7) is 3.70. The van der Waals surface area contributed by atoms with Gasteiger partial charge in [-0.1, -0.05) is 23.8 Å². The number of aromatic nitrogens is 2. The number of carbonyl (C=O) groups is 1. The van der Waals surface area contributed by atoms with Gasteiger partial charge in [-0.2, -0.15) is 12.6 Å². The Hall–Kier alpha value is -1.27. The first kappa shape index (κ1) is 22.4. The van der Waals surface area contributed by atoms with Crippen LogP contribution in [0.3, 0.4) is 0 Å². The SMILES string of the molecule is CSN1CC2CCC(C1)N2c1ncc(C#CCN(C)CCCC(=O)CCS)cn1. The number of hydrogen-bond donors (Lipinski definition) is 1. The van der Waals surface area contributed by atoms with Crippen molar-refractivity contribution >= 4 is 36.3 Å². The molecule has 29 heavy (non-hydrogen) atoms. The van der Waals surface area contributed by atoms with E-state index in [0.717, 1.165) is 37.6 Å². The fourth-order valence-electron chi connectivity index (χ4n) is 4.01. The molecule has 0 radical (unpaired) electrons. The number of carbonyl (C=O) groups excluding carboxylic acids is 1. The number of fused-ring (bicyclic) bond motifs is 2. The molecule has 0 aliphatic carbocycles. The van der Waals surface area contributed by atoms with Crippen molar-refractivity contribution in [2.24, 2.45) is 0 Å². The van der Waals surface area contributed by atoms with Gasteiger partial charge in [0.05, 0.1) is 12.1 Å². The molecular formula is C21H31N5OS2. The molecule has 0 amide bonds. The van der Waals surface area contributed by atoms with Crippen LogP contribution in [0.4, 0.5) is 5.95 Å². The van der Waals surface area contributed by atoms with Crippen LogP contribution in [0.2, 0.25) is 0 Å². The Morgan fingerprint density at radius 1 is 1.28 bits per heavy atom. The Morgan fingerprint density at radius 3 is 2.59 bits per heavy atom. The molecule has 3 heterocycles. The molecule has 2 aliphatic rings. The lowest BCUT2D eigenvalue weighted by Gasteiger charge is -2.39. The molecule has 0 N–H and O–H groups in total. The predicted octanol–water partition coefficient (Wildman–Crippen LogP) is 2.36. The van der Waals surface area contributed by atoms with Crippen molar-refractivity contribution in [3.8, 4) is 11.8 Å². The van der Waals surface area contributed by atoms with Gasteiger partial charge >= 0.3 is 0 Å². The van der Waals surface area contributed by atoms with Gasteiger partial charge in [0.25, 0.3) is 0 Å². The minimum absolute atomic E-state index is 0.292. The Bertz CT molecular complexity index is 719. The van der Waals surface area contributed by atoms with Gasteiger partial charge in [0.15, 0.2) is 0 Å². The fraction of sp³-hybridized carbons (Fsp3) is 0.667. The fourth-order valence-corrected chi connectivity index (χ4v) is 4.90. The maximum absolute atomic E-state index is 11.5. The molecule has 6 nitrogen and oxygen atoms in total. The summed E-state index contributed by atoms with van der Waals surface area (Å²) in [7, 11) is 2.03. The second kappa shape index (κ2) is 11.2. The summed E-state index contributed by atoms with van der Waals surface area (Å²) in [5.41, 5.74) is 0.848. The number of anilines is 1. The van der Waals surface area contributed by atoms with Crippen LogP contribution in [-0.4, -0.2) is 82.3 Å². The van der Waals surface area contributed by atoms with Crippen molar-refractivity contribution in [2.45, 2.75) is 44.2 Å². The third-order valence-electron chi connectivity index (χ3n) is 5.54. The number of piperazine rings is 1. The molecule has 2 atom stereocenters. The van der Waals surface area contributed by atoms with Crippen LogP contribution in [0.15, 0.2) is 12.4 Å². The van der Waals surface area contributed by atoms with E-state index in [9.17, 15) is 4.79 Å². The van der Waals surface area contributed by atoms with E-state index in [0.29, 0.717) is 43.0 Å². The van der Waals surface area contributed by atoms with Crippen molar-refractivity contribution in [2.75, 3.05) is 50.1 Å². The number of Topliss-reactive ketones (excluding diaryl/α,β-unsaturated/α-hetero) is 1. The van der Waals surface area contributed by atoms with Crippen LogP contribution in [0.1, 0.15) is 37.7 Å². The predicted molar refractivity (Wildman–Crippen MR) is 123 cm³/mol. The molecule has 1 aromatic rings. The minimum Gasteiger partial charge on any atom is -0.332 e. The summed E-state index contributed by atoms with van der Waals surface area (Å²) in [5.74, 6) is 8.11. The molecule has 0 aromatic carbocycles. The van der Waals surface area contributed by atoms with Crippen molar-refractivity contribution in [1.82, 2.24) is 19.2 Å². The largest absolute Gasteiger partial charge is 0.332 e. The number of hydrogen-bond acceptors (Lipinski definition) is 8. The van der Waals surface area contributed by atoms with E-state index in [-0.39, 0.29) is 0 Å². The molecule has 2 bridgehead atoms. The molecule has 2 saturated heterocycles. The minimum atomic E-state index is 0.292. The van der Waals surface area contributed by atoms with Gasteiger partial charge in [0, 0.05) is 50.4 Å². The zero-order chi connectivity index (χ0) is 20.6. The van der Waals surface area contributed by atoms with Crippen LogP contribution in [0.25, 0.3) is 0 Å². The quantitative estimate of drug-likeness (QED) is 0.364. The number of thiol groups is 1. The van der Waals surface area contributed by atoms with Crippen LogP contribution >= 0.6 is 24.6 Å². The van der Waals surface area contributed by atoms with Gasteiger partial charge in [-0.15, -0.1) is 0 Å².